The fourth-order valence-corrected chi connectivity index (χ4v) is 1.77. The lowest BCUT2D eigenvalue weighted by molar-refractivity contribution is 0.361. The van der Waals surface area contributed by atoms with Gasteiger partial charge < -0.3 is 4.74 Å². The minimum Gasteiger partial charge on any atom is -0.480 e. The molecule has 1 heterocycles. The molecule has 0 saturated carbocycles. The summed E-state index contributed by atoms with van der Waals surface area (Å²) in [5, 5.41) is 8.88. The van der Waals surface area contributed by atoms with Crippen molar-refractivity contribution in [1.29, 1.82) is 5.26 Å². The van der Waals surface area contributed by atoms with Crippen LogP contribution in [0.3, 0.4) is 0 Å². The van der Waals surface area contributed by atoms with Crippen molar-refractivity contribution in [2.45, 2.75) is 6.04 Å². The Morgan fingerprint density at radius 1 is 1.69 bits per heavy atom. The fraction of sp³-hybridized carbons (Fsp3) is 0.500. The van der Waals surface area contributed by atoms with Crippen LogP contribution in [0.1, 0.15) is 10.9 Å². The lowest BCUT2D eigenvalue weighted by Crippen LogP contribution is -2.17. The molecule has 0 fully saturated rings. The van der Waals surface area contributed by atoms with Crippen molar-refractivity contribution in [3.8, 4) is 11.9 Å². The molecule has 1 unspecified atom stereocenters. The molecule has 13 heavy (non-hydrogen) atoms. The molecule has 70 valence electrons. The minimum atomic E-state index is -0.235. The Bertz CT molecular complexity index is 315. The number of hydrogen-bond donors (Lipinski definition) is 0. The van der Waals surface area contributed by atoms with Gasteiger partial charge in [-0.15, -0.1) is 0 Å². The van der Waals surface area contributed by atoms with Crippen LogP contribution in [0.4, 0.5) is 0 Å². The van der Waals surface area contributed by atoms with Crippen LogP contribution in [-0.4, -0.2) is 30.5 Å². The van der Waals surface area contributed by atoms with Crippen LogP contribution in [0.2, 0.25) is 0 Å². The maximum atomic E-state index is 8.88. The summed E-state index contributed by atoms with van der Waals surface area (Å²) in [6.45, 7) is 0. The second kappa shape index (κ2) is 4.21. The number of hydrogen-bond acceptors (Lipinski definition) is 5. The Morgan fingerprint density at radius 2 is 2.38 bits per heavy atom. The lowest BCUT2D eigenvalue weighted by atomic mass is 10.2. The molecule has 4 nitrogen and oxygen atoms in total. The molecule has 0 bridgehead atoms. The molecule has 0 spiro atoms. The molecule has 0 amide bonds. The largest absolute Gasteiger partial charge is 0.480 e. The van der Waals surface area contributed by atoms with Gasteiger partial charge in [0.25, 0.3) is 0 Å². The third kappa shape index (κ3) is 2.17. The molecule has 0 radical (unpaired) electrons. The molecule has 5 heteroatoms. The quantitative estimate of drug-likeness (QED) is 0.732. The van der Waals surface area contributed by atoms with E-state index in [-0.39, 0.29) is 6.04 Å². The minimum absolute atomic E-state index is 0.235. The molecule has 1 atom stereocenters. The molecule has 0 aliphatic carbocycles. The highest BCUT2D eigenvalue weighted by Gasteiger charge is 2.16. The van der Waals surface area contributed by atoms with Gasteiger partial charge in [0.1, 0.15) is 6.04 Å². The normalized spacial score (nSPS) is 12.5. The van der Waals surface area contributed by atoms with Crippen LogP contribution in [-0.2, 0) is 0 Å². The number of nitriles is 1. The zero-order valence-electron chi connectivity index (χ0n) is 7.81. The third-order valence-corrected chi connectivity index (χ3v) is 2.45. The van der Waals surface area contributed by atoms with Gasteiger partial charge in [0, 0.05) is 6.07 Å². The molecular formula is C8H11N3OS. The number of rotatable bonds is 3. The summed E-state index contributed by atoms with van der Waals surface area (Å²) >= 11 is 1.30. The van der Waals surface area contributed by atoms with E-state index in [1.165, 1.54) is 11.5 Å². The number of ether oxygens (including phenoxy) is 1. The van der Waals surface area contributed by atoms with Gasteiger partial charge in [-0.2, -0.15) is 9.64 Å². The Kier molecular flexibility index (Phi) is 3.23. The van der Waals surface area contributed by atoms with Crippen LogP contribution < -0.4 is 4.74 Å². The highest BCUT2D eigenvalue weighted by atomic mass is 32.1. The van der Waals surface area contributed by atoms with E-state index in [2.05, 4.69) is 10.4 Å². The van der Waals surface area contributed by atoms with Crippen LogP contribution >= 0.6 is 11.5 Å². The van der Waals surface area contributed by atoms with Crippen LogP contribution in [0, 0.1) is 11.3 Å². The van der Waals surface area contributed by atoms with E-state index in [4.69, 9.17) is 10.00 Å². The van der Waals surface area contributed by atoms with Crippen molar-refractivity contribution in [2.24, 2.45) is 0 Å². The summed E-state index contributed by atoms with van der Waals surface area (Å²) in [5.41, 5.74) is 0. The summed E-state index contributed by atoms with van der Waals surface area (Å²) < 4.78 is 8.97. The Hall–Kier alpha value is -1.12. The van der Waals surface area contributed by atoms with E-state index in [9.17, 15) is 0 Å². The van der Waals surface area contributed by atoms with Gasteiger partial charge in [-0.1, -0.05) is 0 Å². The van der Waals surface area contributed by atoms with Crippen LogP contribution in [0.5, 0.6) is 5.88 Å². The number of methoxy groups -OCH3 is 1. The molecular weight excluding hydrogens is 186 g/mol. The van der Waals surface area contributed by atoms with E-state index in [0.29, 0.717) is 5.88 Å². The van der Waals surface area contributed by atoms with Gasteiger partial charge >= 0.3 is 0 Å². The molecule has 0 aliphatic rings. The molecule has 0 aliphatic heterocycles. The highest BCUT2D eigenvalue weighted by Crippen LogP contribution is 2.25. The maximum Gasteiger partial charge on any atom is 0.225 e. The van der Waals surface area contributed by atoms with Crippen molar-refractivity contribution >= 4 is 11.5 Å². The average molecular weight is 197 g/mol. The fourth-order valence-electron chi connectivity index (χ4n) is 0.931. The summed E-state index contributed by atoms with van der Waals surface area (Å²) in [7, 11) is 5.29. The van der Waals surface area contributed by atoms with Gasteiger partial charge in [-0.3, -0.25) is 4.90 Å². The third-order valence-electron chi connectivity index (χ3n) is 1.62. The summed E-state index contributed by atoms with van der Waals surface area (Å²) in [5.74, 6) is 0.571. The van der Waals surface area contributed by atoms with Crippen molar-refractivity contribution in [1.82, 2.24) is 9.27 Å². The van der Waals surface area contributed by atoms with Crippen molar-refractivity contribution < 1.29 is 4.74 Å². The predicted molar refractivity (Wildman–Crippen MR) is 50.7 cm³/mol. The Balaban J connectivity index is 2.87. The highest BCUT2D eigenvalue weighted by molar-refractivity contribution is 7.06. The van der Waals surface area contributed by atoms with Crippen molar-refractivity contribution in [3.63, 3.8) is 0 Å². The zero-order chi connectivity index (χ0) is 9.84. The van der Waals surface area contributed by atoms with E-state index >= 15 is 0 Å². The second-order valence-electron chi connectivity index (χ2n) is 2.77. The van der Waals surface area contributed by atoms with Crippen LogP contribution in [0.25, 0.3) is 0 Å². The number of nitrogens with zero attached hydrogens (tertiary/aromatic N) is 3. The van der Waals surface area contributed by atoms with E-state index in [0.717, 1.165) is 4.88 Å². The molecule has 0 aromatic carbocycles. The van der Waals surface area contributed by atoms with Gasteiger partial charge in [0.2, 0.25) is 5.88 Å². The molecule has 0 N–H and O–H groups in total. The lowest BCUT2D eigenvalue weighted by Gasteiger charge is -2.13. The molecule has 0 saturated heterocycles. The first kappa shape index (κ1) is 9.96. The average Bonchev–Trinajstić information content (AvgIpc) is 2.53. The Labute approximate surface area is 81.5 Å². The van der Waals surface area contributed by atoms with E-state index in [1.807, 2.05) is 19.0 Å². The topological polar surface area (TPSA) is 49.1 Å². The first-order valence-electron chi connectivity index (χ1n) is 3.75. The molecule has 1 aromatic heterocycles. The predicted octanol–water partition coefficient (Wildman–Crippen LogP) is 1.28. The van der Waals surface area contributed by atoms with Crippen LogP contribution in [0.15, 0.2) is 6.07 Å². The van der Waals surface area contributed by atoms with E-state index in [1.54, 1.807) is 13.2 Å². The molecule has 1 aromatic rings. The van der Waals surface area contributed by atoms with Gasteiger partial charge in [-0.05, 0) is 25.6 Å². The smallest absolute Gasteiger partial charge is 0.225 e. The first-order valence-corrected chi connectivity index (χ1v) is 4.53. The second-order valence-corrected chi connectivity index (χ2v) is 3.60. The monoisotopic (exact) mass is 197 g/mol. The first-order chi connectivity index (χ1) is 6.19. The number of aromatic nitrogens is 1. The zero-order valence-corrected chi connectivity index (χ0v) is 8.63. The molecule has 1 rings (SSSR count). The van der Waals surface area contributed by atoms with Crippen molar-refractivity contribution in [3.05, 3.63) is 10.9 Å². The van der Waals surface area contributed by atoms with Gasteiger partial charge in [0.05, 0.1) is 18.1 Å². The van der Waals surface area contributed by atoms with Gasteiger partial charge in [0.15, 0.2) is 0 Å². The summed E-state index contributed by atoms with van der Waals surface area (Å²) in [6.07, 6.45) is 0. The van der Waals surface area contributed by atoms with Crippen molar-refractivity contribution in [2.75, 3.05) is 21.2 Å². The standard InChI is InChI=1S/C8H11N3OS/c1-11(2)6(5-9)7-4-8(12-3)10-13-7/h4,6H,1-3H3. The maximum absolute atomic E-state index is 8.88. The SMILES string of the molecule is COc1cc(C(C#N)N(C)C)sn1. The summed E-state index contributed by atoms with van der Waals surface area (Å²) in [4.78, 5) is 2.75. The summed E-state index contributed by atoms with van der Waals surface area (Å²) in [6, 6.07) is 3.75. The van der Waals surface area contributed by atoms with E-state index < -0.39 is 0 Å². The Morgan fingerprint density at radius 3 is 2.77 bits per heavy atom. The van der Waals surface area contributed by atoms with Gasteiger partial charge in [-0.25, -0.2) is 0 Å².